The van der Waals surface area contributed by atoms with Gasteiger partial charge in [-0.1, -0.05) is 29.8 Å². The number of para-hydroxylation sites is 1. The summed E-state index contributed by atoms with van der Waals surface area (Å²) in [6.07, 6.45) is 1.34. The summed E-state index contributed by atoms with van der Waals surface area (Å²) < 4.78 is 1.36. The standard InChI is InChI=1S/C19H11ClN6O2/c20-17-7-6-15(26(27)28)9-12(17)8-13(10-21)18-16(11-22)19(23)25(24-18)14-4-2-1-3-5-14/h1-9H,23H2/b13-8-. The van der Waals surface area contributed by atoms with Gasteiger partial charge in [-0.2, -0.15) is 15.6 Å². The molecule has 8 nitrogen and oxygen atoms in total. The lowest BCUT2D eigenvalue weighted by Crippen LogP contribution is -2.02. The van der Waals surface area contributed by atoms with Crippen molar-refractivity contribution in [2.45, 2.75) is 0 Å². The van der Waals surface area contributed by atoms with E-state index in [9.17, 15) is 20.6 Å². The minimum Gasteiger partial charge on any atom is -0.382 e. The van der Waals surface area contributed by atoms with E-state index in [4.69, 9.17) is 17.3 Å². The minimum atomic E-state index is -0.567. The Labute approximate surface area is 164 Å². The van der Waals surface area contributed by atoms with E-state index in [1.54, 1.807) is 24.3 Å². The number of benzene rings is 2. The molecule has 28 heavy (non-hydrogen) atoms. The van der Waals surface area contributed by atoms with E-state index in [0.29, 0.717) is 5.69 Å². The lowest BCUT2D eigenvalue weighted by Gasteiger charge is -2.02. The van der Waals surface area contributed by atoms with Gasteiger partial charge in [0.2, 0.25) is 0 Å². The Bertz CT molecular complexity index is 1190. The van der Waals surface area contributed by atoms with E-state index in [1.807, 2.05) is 18.2 Å². The van der Waals surface area contributed by atoms with Gasteiger partial charge in [0, 0.05) is 22.7 Å². The number of allylic oxidation sites excluding steroid dienone is 1. The zero-order chi connectivity index (χ0) is 20.3. The van der Waals surface area contributed by atoms with E-state index in [0.717, 1.165) is 0 Å². The molecule has 136 valence electrons. The average Bonchev–Trinajstić information content (AvgIpc) is 3.04. The maximum absolute atomic E-state index is 11.0. The van der Waals surface area contributed by atoms with Crippen molar-refractivity contribution in [3.8, 4) is 17.8 Å². The molecule has 1 heterocycles. The van der Waals surface area contributed by atoms with Crippen molar-refractivity contribution in [3.63, 3.8) is 0 Å². The van der Waals surface area contributed by atoms with E-state index < -0.39 is 4.92 Å². The molecule has 0 unspecified atom stereocenters. The van der Waals surface area contributed by atoms with Crippen molar-refractivity contribution >= 4 is 34.8 Å². The first-order valence-corrected chi connectivity index (χ1v) is 8.24. The molecule has 3 rings (SSSR count). The topological polar surface area (TPSA) is 135 Å². The van der Waals surface area contributed by atoms with Gasteiger partial charge in [-0.3, -0.25) is 10.1 Å². The minimum absolute atomic E-state index is 0.000305. The van der Waals surface area contributed by atoms with Gasteiger partial charge in [-0.25, -0.2) is 4.68 Å². The third kappa shape index (κ3) is 3.40. The van der Waals surface area contributed by atoms with E-state index >= 15 is 0 Å². The number of halogens is 1. The Hall–Kier alpha value is -4.14. The zero-order valence-electron chi connectivity index (χ0n) is 14.2. The Morgan fingerprint density at radius 1 is 1.25 bits per heavy atom. The number of nitrogens with zero attached hydrogens (tertiary/aromatic N) is 5. The molecule has 9 heteroatoms. The predicted molar refractivity (Wildman–Crippen MR) is 104 cm³/mol. The van der Waals surface area contributed by atoms with Crippen LogP contribution in [0.3, 0.4) is 0 Å². The number of nitro benzene ring substituents is 1. The second kappa shape index (κ2) is 7.62. The third-order valence-corrected chi connectivity index (χ3v) is 4.24. The quantitative estimate of drug-likeness (QED) is 0.407. The van der Waals surface area contributed by atoms with E-state index in [1.165, 1.54) is 29.0 Å². The summed E-state index contributed by atoms with van der Waals surface area (Å²) >= 11 is 6.10. The number of nitro groups is 1. The lowest BCUT2D eigenvalue weighted by molar-refractivity contribution is -0.384. The second-order valence-electron chi connectivity index (χ2n) is 5.60. The van der Waals surface area contributed by atoms with Gasteiger partial charge >= 0.3 is 0 Å². The van der Waals surface area contributed by atoms with Crippen LogP contribution >= 0.6 is 11.6 Å². The summed E-state index contributed by atoms with van der Waals surface area (Å²) in [6.45, 7) is 0. The molecule has 0 amide bonds. The maximum atomic E-state index is 11.0. The fourth-order valence-corrected chi connectivity index (χ4v) is 2.73. The molecule has 3 aromatic rings. The maximum Gasteiger partial charge on any atom is 0.270 e. The van der Waals surface area contributed by atoms with Crippen LogP contribution in [-0.2, 0) is 0 Å². The van der Waals surface area contributed by atoms with Crippen LogP contribution < -0.4 is 5.73 Å². The summed E-state index contributed by atoms with van der Waals surface area (Å²) in [6, 6.07) is 16.7. The highest BCUT2D eigenvalue weighted by atomic mass is 35.5. The summed E-state index contributed by atoms with van der Waals surface area (Å²) in [7, 11) is 0. The summed E-state index contributed by atoms with van der Waals surface area (Å²) in [5.41, 5.74) is 6.84. The Balaban J connectivity index is 2.18. The molecule has 0 fully saturated rings. The number of hydrogen-bond donors (Lipinski definition) is 1. The molecular formula is C19H11ClN6O2. The number of rotatable bonds is 4. The molecule has 0 aliphatic heterocycles. The van der Waals surface area contributed by atoms with Crippen LogP contribution in [0.4, 0.5) is 11.5 Å². The highest BCUT2D eigenvalue weighted by molar-refractivity contribution is 6.32. The number of hydrogen-bond acceptors (Lipinski definition) is 6. The summed E-state index contributed by atoms with van der Waals surface area (Å²) in [5.74, 6) is 0.0787. The normalized spacial score (nSPS) is 10.9. The highest BCUT2D eigenvalue weighted by Crippen LogP contribution is 2.30. The first-order valence-electron chi connectivity index (χ1n) is 7.86. The van der Waals surface area contributed by atoms with E-state index in [-0.39, 0.29) is 38.9 Å². The summed E-state index contributed by atoms with van der Waals surface area (Å²) in [4.78, 5) is 10.4. The van der Waals surface area contributed by atoms with Gasteiger partial charge < -0.3 is 5.73 Å². The van der Waals surface area contributed by atoms with Crippen molar-refractivity contribution in [3.05, 3.63) is 80.5 Å². The van der Waals surface area contributed by atoms with Gasteiger partial charge in [0.15, 0.2) is 0 Å². The van der Waals surface area contributed by atoms with Crippen LogP contribution in [0.5, 0.6) is 0 Å². The Morgan fingerprint density at radius 3 is 2.57 bits per heavy atom. The molecular weight excluding hydrogens is 380 g/mol. The Morgan fingerprint density at radius 2 is 1.96 bits per heavy atom. The number of aromatic nitrogens is 2. The molecule has 0 spiro atoms. The first-order chi connectivity index (χ1) is 13.5. The molecule has 0 saturated carbocycles. The number of nitrogens with two attached hydrogens (primary N) is 1. The first kappa shape index (κ1) is 18.6. The molecule has 0 bridgehead atoms. The van der Waals surface area contributed by atoms with Gasteiger partial charge in [0.1, 0.15) is 29.2 Å². The molecule has 0 aliphatic rings. The summed E-state index contributed by atoms with van der Waals surface area (Å²) in [5, 5.41) is 34.6. The van der Waals surface area contributed by atoms with Crippen LogP contribution in [-0.4, -0.2) is 14.7 Å². The number of anilines is 1. The molecule has 0 saturated heterocycles. The van der Waals surface area contributed by atoms with Crippen molar-refractivity contribution in [1.29, 1.82) is 10.5 Å². The average molecular weight is 391 g/mol. The third-order valence-electron chi connectivity index (χ3n) is 3.90. The fourth-order valence-electron chi connectivity index (χ4n) is 2.56. The molecule has 2 N–H and O–H groups in total. The van der Waals surface area contributed by atoms with Crippen molar-refractivity contribution in [2.75, 3.05) is 5.73 Å². The van der Waals surface area contributed by atoms with Gasteiger partial charge in [0.05, 0.1) is 16.2 Å². The molecule has 0 atom stereocenters. The number of non-ortho nitro benzene ring substituents is 1. The Kier molecular flexibility index (Phi) is 5.07. The number of nitriles is 2. The molecule has 0 aliphatic carbocycles. The van der Waals surface area contributed by atoms with Crippen LogP contribution in [0.25, 0.3) is 17.3 Å². The van der Waals surface area contributed by atoms with Crippen molar-refractivity contribution in [2.24, 2.45) is 0 Å². The predicted octanol–water partition coefficient (Wildman–Crippen LogP) is 3.95. The highest BCUT2D eigenvalue weighted by Gasteiger charge is 2.20. The molecule has 1 aromatic heterocycles. The van der Waals surface area contributed by atoms with Crippen LogP contribution in [0.15, 0.2) is 48.5 Å². The van der Waals surface area contributed by atoms with Crippen molar-refractivity contribution in [1.82, 2.24) is 9.78 Å². The van der Waals surface area contributed by atoms with Crippen LogP contribution in [0.2, 0.25) is 5.02 Å². The van der Waals surface area contributed by atoms with Crippen LogP contribution in [0, 0.1) is 32.8 Å². The van der Waals surface area contributed by atoms with Gasteiger partial charge in [0.25, 0.3) is 5.69 Å². The SMILES string of the molecule is N#C/C(=C/c1cc([N+](=O)[O-])ccc1Cl)c1nn(-c2ccccc2)c(N)c1C#N. The lowest BCUT2D eigenvalue weighted by atomic mass is 10.1. The van der Waals surface area contributed by atoms with E-state index in [2.05, 4.69) is 5.10 Å². The van der Waals surface area contributed by atoms with Gasteiger partial charge in [-0.05, 0) is 24.3 Å². The number of nitrogen functional groups attached to an aromatic ring is 1. The molecule has 2 aromatic carbocycles. The van der Waals surface area contributed by atoms with Gasteiger partial charge in [-0.15, -0.1) is 0 Å². The smallest absolute Gasteiger partial charge is 0.270 e. The van der Waals surface area contributed by atoms with Crippen LogP contribution in [0.1, 0.15) is 16.8 Å². The zero-order valence-corrected chi connectivity index (χ0v) is 15.0. The monoisotopic (exact) mass is 390 g/mol. The molecule has 0 radical (unpaired) electrons. The fraction of sp³-hybridized carbons (Fsp3) is 0. The second-order valence-corrected chi connectivity index (χ2v) is 6.01. The largest absolute Gasteiger partial charge is 0.382 e. The van der Waals surface area contributed by atoms with Crippen molar-refractivity contribution < 1.29 is 4.92 Å².